The molecule has 1 aromatic rings. The van der Waals surface area contributed by atoms with Gasteiger partial charge in [-0.05, 0) is 38.0 Å². The number of hydrogen-bond donors (Lipinski definition) is 1. The largest absolute Gasteiger partial charge is 0.339 e. The number of carbonyl (C=O) groups excluding carboxylic acids is 1. The number of amides is 1. The first-order valence-electron chi connectivity index (χ1n) is 7.06. The fourth-order valence-electron chi connectivity index (χ4n) is 2.35. The van der Waals surface area contributed by atoms with E-state index in [0.29, 0.717) is 41.5 Å². The fraction of sp³-hybridized carbons (Fsp3) is 0.500. The van der Waals surface area contributed by atoms with Crippen molar-refractivity contribution in [3.05, 3.63) is 33.8 Å². The molecule has 1 amide bonds. The maximum absolute atomic E-state index is 12.4. The summed E-state index contributed by atoms with van der Waals surface area (Å²) in [4.78, 5) is 14.1. The number of rotatable bonds is 4. The molecule has 0 unspecified atom stereocenters. The van der Waals surface area contributed by atoms with Gasteiger partial charge in [-0.15, -0.1) is 0 Å². The number of benzene rings is 1. The van der Waals surface area contributed by atoms with Gasteiger partial charge in [-0.1, -0.05) is 23.2 Å². The van der Waals surface area contributed by atoms with E-state index in [0.717, 1.165) is 0 Å². The molecule has 5 nitrogen and oxygen atoms in total. The minimum atomic E-state index is -3.20. The second kappa shape index (κ2) is 7.17. The molecule has 2 rings (SSSR count). The predicted molar refractivity (Wildman–Crippen MR) is 88.0 cm³/mol. The van der Waals surface area contributed by atoms with Crippen LogP contribution in [0.4, 0.5) is 0 Å². The Balaban J connectivity index is 1.96. The molecule has 1 aliphatic heterocycles. The SMILES string of the molecule is CCS(=O)(=O)NC1CCN(C(=O)c2ccc(Cl)c(Cl)c2)CC1. The summed E-state index contributed by atoms with van der Waals surface area (Å²) in [5.74, 6) is -0.0505. The first-order valence-corrected chi connectivity index (χ1v) is 9.47. The Hall–Kier alpha value is -0.820. The van der Waals surface area contributed by atoms with Gasteiger partial charge in [0.05, 0.1) is 15.8 Å². The quantitative estimate of drug-likeness (QED) is 0.892. The fourth-order valence-corrected chi connectivity index (χ4v) is 3.56. The van der Waals surface area contributed by atoms with Gasteiger partial charge >= 0.3 is 0 Å². The van der Waals surface area contributed by atoms with Crippen LogP contribution in [0.5, 0.6) is 0 Å². The minimum absolute atomic E-state index is 0.0649. The molecule has 1 aromatic carbocycles. The van der Waals surface area contributed by atoms with Gasteiger partial charge in [-0.25, -0.2) is 13.1 Å². The van der Waals surface area contributed by atoms with Crippen LogP contribution in [0.1, 0.15) is 30.1 Å². The zero-order valence-electron chi connectivity index (χ0n) is 12.2. The summed E-state index contributed by atoms with van der Waals surface area (Å²) in [7, 11) is -3.20. The lowest BCUT2D eigenvalue weighted by atomic mass is 10.0. The van der Waals surface area contributed by atoms with Crippen LogP contribution < -0.4 is 4.72 Å². The van der Waals surface area contributed by atoms with Gasteiger partial charge in [0, 0.05) is 24.7 Å². The molecule has 1 heterocycles. The second-order valence-corrected chi connectivity index (χ2v) is 8.07. The van der Waals surface area contributed by atoms with Gasteiger partial charge in [-0.2, -0.15) is 0 Å². The van der Waals surface area contributed by atoms with Gasteiger partial charge in [0.2, 0.25) is 10.0 Å². The number of piperidine rings is 1. The monoisotopic (exact) mass is 364 g/mol. The smallest absolute Gasteiger partial charge is 0.253 e. The molecule has 0 radical (unpaired) electrons. The van der Waals surface area contributed by atoms with E-state index in [4.69, 9.17) is 23.2 Å². The van der Waals surface area contributed by atoms with Crippen molar-refractivity contribution in [3.63, 3.8) is 0 Å². The average molecular weight is 365 g/mol. The molecule has 0 saturated carbocycles. The van der Waals surface area contributed by atoms with E-state index < -0.39 is 10.0 Å². The third-order valence-corrected chi connectivity index (χ3v) is 5.87. The highest BCUT2D eigenvalue weighted by atomic mass is 35.5. The Labute approximate surface area is 140 Å². The number of hydrogen-bond acceptors (Lipinski definition) is 3. The third kappa shape index (κ3) is 4.35. The summed E-state index contributed by atoms with van der Waals surface area (Å²) < 4.78 is 25.8. The minimum Gasteiger partial charge on any atom is -0.339 e. The van der Waals surface area contributed by atoms with E-state index in [9.17, 15) is 13.2 Å². The van der Waals surface area contributed by atoms with Crippen LogP contribution in [0.25, 0.3) is 0 Å². The number of halogens is 2. The Morgan fingerprint density at radius 2 is 1.91 bits per heavy atom. The van der Waals surface area contributed by atoms with E-state index >= 15 is 0 Å². The Kier molecular flexibility index (Phi) is 5.71. The van der Waals surface area contributed by atoms with E-state index in [1.807, 2.05) is 0 Å². The Morgan fingerprint density at radius 1 is 1.27 bits per heavy atom. The van der Waals surface area contributed by atoms with Gasteiger partial charge < -0.3 is 4.90 Å². The van der Waals surface area contributed by atoms with Crippen molar-refractivity contribution in [1.82, 2.24) is 9.62 Å². The van der Waals surface area contributed by atoms with Gasteiger partial charge in [0.15, 0.2) is 0 Å². The molecule has 8 heteroatoms. The molecule has 0 atom stereocenters. The number of nitrogens with zero attached hydrogens (tertiary/aromatic N) is 1. The van der Waals surface area contributed by atoms with Crippen molar-refractivity contribution in [1.29, 1.82) is 0 Å². The average Bonchev–Trinajstić information content (AvgIpc) is 2.50. The van der Waals surface area contributed by atoms with Crippen LogP contribution in [0.3, 0.4) is 0 Å². The summed E-state index contributed by atoms with van der Waals surface area (Å²) in [6, 6.07) is 4.68. The highest BCUT2D eigenvalue weighted by Crippen LogP contribution is 2.24. The van der Waals surface area contributed by atoms with Crippen molar-refractivity contribution < 1.29 is 13.2 Å². The topological polar surface area (TPSA) is 66.5 Å². The molecule has 0 aromatic heterocycles. The standard InChI is InChI=1S/C14H18Cl2N2O3S/c1-2-22(20,21)17-11-5-7-18(8-6-11)14(19)10-3-4-12(15)13(16)9-10/h3-4,9,11,17H,2,5-8H2,1H3. The van der Waals surface area contributed by atoms with E-state index in [-0.39, 0.29) is 17.7 Å². The van der Waals surface area contributed by atoms with Gasteiger partial charge in [0.25, 0.3) is 5.91 Å². The van der Waals surface area contributed by atoms with Gasteiger partial charge in [0.1, 0.15) is 0 Å². The molecule has 0 aliphatic carbocycles. The molecule has 0 bridgehead atoms. The van der Waals surface area contributed by atoms with E-state index in [2.05, 4.69) is 4.72 Å². The lowest BCUT2D eigenvalue weighted by Gasteiger charge is -2.32. The van der Waals surface area contributed by atoms with Crippen LogP contribution in [0, 0.1) is 0 Å². The molecule has 1 aliphatic rings. The molecule has 1 fully saturated rings. The summed E-state index contributed by atoms with van der Waals surface area (Å²) in [5.41, 5.74) is 0.488. The maximum Gasteiger partial charge on any atom is 0.253 e. The Morgan fingerprint density at radius 3 is 2.45 bits per heavy atom. The normalized spacial score (nSPS) is 16.8. The second-order valence-electron chi connectivity index (χ2n) is 5.22. The van der Waals surface area contributed by atoms with Crippen molar-refractivity contribution in [3.8, 4) is 0 Å². The van der Waals surface area contributed by atoms with Crippen LogP contribution in [-0.4, -0.2) is 44.1 Å². The van der Waals surface area contributed by atoms with Crippen LogP contribution in [0.15, 0.2) is 18.2 Å². The van der Waals surface area contributed by atoms with Gasteiger partial charge in [-0.3, -0.25) is 4.79 Å². The van der Waals surface area contributed by atoms with Crippen molar-refractivity contribution >= 4 is 39.1 Å². The highest BCUT2D eigenvalue weighted by molar-refractivity contribution is 7.89. The predicted octanol–water partition coefficient (Wildman–Crippen LogP) is 2.54. The number of carbonyl (C=O) groups is 1. The van der Waals surface area contributed by atoms with E-state index in [1.165, 1.54) is 0 Å². The first kappa shape index (κ1) is 17.5. The molecule has 0 spiro atoms. The lowest BCUT2D eigenvalue weighted by molar-refractivity contribution is 0.0711. The summed E-state index contributed by atoms with van der Waals surface area (Å²) in [5, 5.41) is 0.754. The van der Waals surface area contributed by atoms with Crippen molar-refractivity contribution in [2.75, 3.05) is 18.8 Å². The summed E-state index contributed by atoms with van der Waals surface area (Å²) >= 11 is 11.8. The van der Waals surface area contributed by atoms with Crippen molar-refractivity contribution in [2.45, 2.75) is 25.8 Å². The van der Waals surface area contributed by atoms with E-state index in [1.54, 1.807) is 30.0 Å². The summed E-state index contributed by atoms with van der Waals surface area (Å²) in [6.45, 7) is 2.62. The van der Waals surface area contributed by atoms with Crippen LogP contribution in [-0.2, 0) is 10.0 Å². The lowest BCUT2D eigenvalue weighted by Crippen LogP contribution is -2.46. The van der Waals surface area contributed by atoms with Crippen LogP contribution in [0.2, 0.25) is 10.0 Å². The number of sulfonamides is 1. The first-order chi connectivity index (χ1) is 10.3. The third-order valence-electron chi connectivity index (χ3n) is 3.67. The zero-order chi connectivity index (χ0) is 16.3. The summed E-state index contributed by atoms with van der Waals surface area (Å²) in [6.07, 6.45) is 1.21. The molecule has 1 N–H and O–H groups in total. The maximum atomic E-state index is 12.4. The molecule has 122 valence electrons. The highest BCUT2D eigenvalue weighted by Gasteiger charge is 2.26. The molecule has 22 heavy (non-hydrogen) atoms. The number of likely N-dealkylation sites (tertiary alicyclic amines) is 1. The number of nitrogens with one attached hydrogen (secondary N) is 1. The Bertz CT molecular complexity index is 656. The van der Waals surface area contributed by atoms with Crippen molar-refractivity contribution in [2.24, 2.45) is 0 Å². The molecular formula is C14H18Cl2N2O3S. The zero-order valence-corrected chi connectivity index (χ0v) is 14.5. The molecule has 1 saturated heterocycles. The molecular weight excluding hydrogens is 347 g/mol. The van der Waals surface area contributed by atoms with Crippen LogP contribution >= 0.6 is 23.2 Å².